The number of carbonyl (C=O) groups is 3. The van der Waals surface area contributed by atoms with Gasteiger partial charge in [-0.15, -0.1) is 0 Å². The fraction of sp³-hybridized carbons (Fsp3) is 0.419. The van der Waals surface area contributed by atoms with E-state index in [1.165, 1.54) is 0 Å². The summed E-state index contributed by atoms with van der Waals surface area (Å²) in [5.74, 6) is 1.27. The number of imidazole rings is 1. The molecule has 13 nitrogen and oxygen atoms in total. The van der Waals surface area contributed by atoms with Crippen LogP contribution in [0, 0.1) is 6.92 Å². The van der Waals surface area contributed by atoms with Crippen molar-refractivity contribution in [2.45, 2.75) is 38.6 Å². The summed E-state index contributed by atoms with van der Waals surface area (Å²) in [5, 5.41) is 5.56. The molecule has 0 aliphatic carbocycles. The second kappa shape index (κ2) is 12.8. The molecule has 2 saturated heterocycles. The van der Waals surface area contributed by atoms with E-state index in [4.69, 9.17) is 9.47 Å². The van der Waals surface area contributed by atoms with Crippen LogP contribution in [-0.2, 0) is 16.6 Å². The highest BCUT2D eigenvalue weighted by molar-refractivity contribution is 6.03. The standard InChI is InChI=1S/C31H36N8O5/c1-20-15-23-24(32-18-22-5-3-9-39(22)31(23)42)16-25(20)44-12-4-6-28(40)35-26-19-37(2)29(36-26)30(41)34-21-7-8-27(33-17-21)38-10-13-43-14-11-38/h7-8,15-19,22H,3-6,9-14H2,1-2H3,(H,34,41)(H,35,40)/t22-/m0/s1. The lowest BCUT2D eigenvalue weighted by molar-refractivity contribution is -0.116. The molecule has 3 aliphatic heterocycles. The summed E-state index contributed by atoms with van der Waals surface area (Å²) in [4.78, 5) is 55.8. The van der Waals surface area contributed by atoms with Crippen molar-refractivity contribution < 1.29 is 23.9 Å². The molecule has 13 heteroatoms. The van der Waals surface area contributed by atoms with Crippen LogP contribution in [0.1, 0.15) is 52.2 Å². The lowest BCUT2D eigenvalue weighted by Crippen LogP contribution is -2.36. The van der Waals surface area contributed by atoms with Crippen LogP contribution in [0.4, 0.5) is 23.0 Å². The Morgan fingerprint density at radius 1 is 1.14 bits per heavy atom. The Morgan fingerprint density at radius 2 is 1.98 bits per heavy atom. The molecule has 0 saturated carbocycles. The highest BCUT2D eigenvalue weighted by Crippen LogP contribution is 2.34. The first kappa shape index (κ1) is 29.3. The molecule has 3 aromatic rings. The van der Waals surface area contributed by atoms with E-state index in [9.17, 15) is 14.4 Å². The highest BCUT2D eigenvalue weighted by Gasteiger charge is 2.32. The maximum atomic E-state index is 13.0. The summed E-state index contributed by atoms with van der Waals surface area (Å²) in [6.45, 7) is 5.86. The monoisotopic (exact) mass is 600 g/mol. The van der Waals surface area contributed by atoms with E-state index in [-0.39, 0.29) is 35.9 Å². The minimum Gasteiger partial charge on any atom is -0.493 e. The van der Waals surface area contributed by atoms with Crippen molar-refractivity contribution in [3.63, 3.8) is 0 Å². The van der Waals surface area contributed by atoms with Gasteiger partial charge in [0.2, 0.25) is 11.7 Å². The van der Waals surface area contributed by atoms with Gasteiger partial charge in [-0.2, -0.15) is 0 Å². The number of pyridine rings is 1. The molecule has 0 spiro atoms. The third kappa shape index (κ3) is 6.42. The quantitative estimate of drug-likeness (QED) is 0.356. The first-order chi connectivity index (χ1) is 21.4. The average Bonchev–Trinajstić information content (AvgIpc) is 3.62. The van der Waals surface area contributed by atoms with Crippen molar-refractivity contribution in [1.29, 1.82) is 0 Å². The maximum Gasteiger partial charge on any atom is 0.291 e. The van der Waals surface area contributed by atoms with Crippen molar-refractivity contribution >= 4 is 46.9 Å². The highest BCUT2D eigenvalue weighted by atomic mass is 16.5. The normalized spacial score (nSPS) is 17.6. The number of carbonyl (C=O) groups excluding carboxylic acids is 3. The Bertz CT molecular complexity index is 1580. The van der Waals surface area contributed by atoms with E-state index in [0.717, 1.165) is 43.9 Å². The number of rotatable bonds is 9. The molecule has 230 valence electrons. The zero-order valence-electron chi connectivity index (χ0n) is 24.9. The van der Waals surface area contributed by atoms with Crippen molar-refractivity contribution in [1.82, 2.24) is 19.4 Å². The van der Waals surface area contributed by atoms with Crippen LogP contribution in [0.5, 0.6) is 5.75 Å². The Labute approximate surface area is 255 Å². The minimum atomic E-state index is -0.412. The van der Waals surface area contributed by atoms with Crippen LogP contribution >= 0.6 is 0 Å². The molecule has 0 radical (unpaired) electrons. The maximum absolute atomic E-state index is 13.0. The number of hydrogen-bond donors (Lipinski definition) is 2. The van der Waals surface area contributed by atoms with Gasteiger partial charge in [0, 0.05) is 51.6 Å². The number of nitrogens with zero attached hydrogens (tertiary/aromatic N) is 6. The van der Waals surface area contributed by atoms with Gasteiger partial charge in [0.15, 0.2) is 5.82 Å². The third-order valence-corrected chi connectivity index (χ3v) is 7.96. The Morgan fingerprint density at radius 3 is 2.77 bits per heavy atom. The largest absolute Gasteiger partial charge is 0.493 e. The average molecular weight is 601 g/mol. The van der Waals surface area contributed by atoms with Crippen LogP contribution in [-0.4, -0.2) is 88.9 Å². The molecule has 3 aliphatic rings. The molecule has 3 amide bonds. The number of hydrogen-bond acceptors (Lipinski definition) is 9. The van der Waals surface area contributed by atoms with Crippen LogP contribution in [0.15, 0.2) is 41.7 Å². The zero-order chi connectivity index (χ0) is 30.6. The van der Waals surface area contributed by atoms with Gasteiger partial charge in [0.05, 0.1) is 49.0 Å². The van der Waals surface area contributed by atoms with Crippen LogP contribution in [0.3, 0.4) is 0 Å². The minimum absolute atomic E-state index is 0.0108. The molecule has 2 aromatic heterocycles. The molecule has 1 aromatic carbocycles. The topological polar surface area (TPSA) is 143 Å². The number of aryl methyl sites for hydroxylation is 2. The van der Waals surface area contributed by atoms with Crippen molar-refractivity contribution in [3.05, 3.63) is 53.6 Å². The lowest BCUT2D eigenvalue weighted by Gasteiger charge is -2.27. The molecular formula is C31H36N8O5. The first-order valence-corrected chi connectivity index (χ1v) is 14.9. The predicted molar refractivity (Wildman–Crippen MR) is 165 cm³/mol. The summed E-state index contributed by atoms with van der Waals surface area (Å²) >= 11 is 0. The molecule has 2 fully saturated rings. The fourth-order valence-electron chi connectivity index (χ4n) is 5.62. The molecule has 6 rings (SSSR count). The van der Waals surface area contributed by atoms with Gasteiger partial charge in [-0.25, -0.2) is 9.97 Å². The molecule has 1 atom stereocenters. The van der Waals surface area contributed by atoms with Gasteiger partial charge in [-0.1, -0.05) is 0 Å². The second-order valence-corrected chi connectivity index (χ2v) is 11.1. The summed E-state index contributed by atoms with van der Waals surface area (Å²) in [6.07, 6.45) is 7.65. The first-order valence-electron chi connectivity index (χ1n) is 14.9. The van der Waals surface area contributed by atoms with E-state index in [1.54, 1.807) is 36.1 Å². The second-order valence-electron chi connectivity index (χ2n) is 11.1. The van der Waals surface area contributed by atoms with Crippen molar-refractivity contribution in [2.24, 2.45) is 12.0 Å². The summed E-state index contributed by atoms with van der Waals surface area (Å²) in [6, 6.07) is 7.35. The molecule has 2 N–H and O–H groups in total. The van der Waals surface area contributed by atoms with E-state index >= 15 is 0 Å². The van der Waals surface area contributed by atoms with Gasteiger partial charge in [0.1, 0.15) is 11.6 Å². The number of ether oxygens (including phenoxy) is 2. The van der Waals surface area contributed by atoms with E-state index in [0.29, 0.717) is 48.9 Å². The number of morpholine rings is 1. The Hall–Kier alpha value is -4.78. The number of fused-ring (bicyclic) bond motifs is 2. The van der Waals surface area contributed by atoms with Crippen molar-refractivity contribution in [3.8, 4) is 5.75 Å². The SMILES string of the molecule is Cc1cc2c(cc1OCCCC(=O)Nc1cn(C)c(C(=O)Nc3ccc(N4CCOCC4)nc3)n1)N=C[C@@H]1CCCN1C2=O. The number of amides is 3. The number of benzene rings is 1. The van der Waals surface area contributed by atoms with Gasteiger partial charge in [-0.05, 0) is 49.9 Å². The van der Waals surface area contributed by atoms with Gasteiger partial charge < -0.3 is 34.5 Å². The molecular weight excluding hydrogens is 564 g/mol. The summed E-state index contributed by atoms with van der Waals surface area (Å²) in [5.41, 5.74) is 2.59. The predicted octanol–water partition coefficient (Wildman–Crippen LogP) is 3.33. The molecule has 5 heterocycles. The molecule has 44 heavy (non-hydrogen) atoms. The van der Waals surface area contributed by atoms with E-state index in [1.807, 2.05) is 30.2 Å². The van der Waals surface area contributed by atoms with Gasteiger partial charge in [-0.3, -0.25) is 19.4 Å². The fourth-order valence-corrected chi connectivity index (χ4v) is 5.62. The van der Waals surface area contributed by atoms with Crippen molar-refractivity contribution in [2.75, 3.05) is 55.0 Å². The van der Waals surface area contributed by atoms with Gasteiger partial charge in [0.25, 0.3) is 11.8 Å². The molecule has 0 bridgehead atoms. The smallest absolute Gasteiger partial charge is 0.291 e. The Kier molecular flexibility index (Phi) is 8.55. The third-order valence-electron chi connectivity index (χ3n) is 7.96. The van der Waals surface area contributed by atoms with Crippen LogP contribution in [0.25, 0.3) is 0 Å². The zero-order valence-corrected chi connectivity index (χ0v) is 24.9. The number of aliphatic imine (C=N–C) groups is 1. The number of anilines is 3. The Balaban J connectivity index is 0.979. The molecule has 0 unspecified atom stereocenters. The van der Waals surface area contributed by atoms with E-state index in [2.05, 4.69) is 30.5 Å². The van der Waals surface area contributed by atoms with E-state index < -0.39 is 5.91 Å². The van der Waals surface area contributed by atoms with Gasteiger partial charge >= 0.3 is 0 Å². The summed E-state index contributed by atoms with van der Waals surface area (Å²) in [7, 11) is 1.69. The summed E-state index contributed by atoms with van der Waals surface area (Å²) < 4.78 is 12.9. The lowest BCUT2D eigenvalue weighted by atomic mass is 10.1. The van der Waals surface area contributed by atoms with Crippen LogP contribution in [0.2, 0.25) is 0 Å². The van der Waals surface area contributed by atoms with Crippen LogP contribution < -0.4 is 20.3 Å². The number of aromatic nitrogens is 3. The number of nitrogens with one attached hydrogen (secondary N) is 2.